The van der Waals surface area contributed by atoms with Crippen molar-refractivity contribution in [3.8, 4) is 23.1 Å². The van der Waals surface area contributed by atoms with Crippen molar-refractivity contribution in [2.75, 3.05) is 18.1 Å². The SMILES string of the molecule is C[C@@H](Oc1ccc2[nH]nc(-c3cnc(N4CCC[C@H]4CO)c(C#N)c3)c2c1)c1c(Cl)cncc1Cl. The average Bonchev–Trinajstić information content (AvgIpc) is 3.50. The predicted molar refractivity (Wildman–Crippen MR) is 135 cm³/mol. The van der Waals surface area contributed by atoms with Gasteiger partial charge in [0.25, 0.3) is 0 Å². The van der Waals surface area contributed by atoms with E-state index in [1.54, 1.807) is 12.3 Å². The zero-order valence-corrected chi connectivity index (χ0v) is 20.4. The average molecular weight is 509 g/mol. The topological polar surface area (TPSA) is 111 Å². The third-order valence-electron chi connectivity index (χ3n) is 6.26. The highest BCUT2D eigenvalue weighted by atomic mass is 35.5. The molecule has 4 heterocycles. The number of ether oxygens (including phenoxy) is 1. The quantitative estimate of drug-likeness (QED) is 0.363. The Morgan fingerprint density at radius 1 is 1.26 bits per heavy atom. The number of aliphatic hydroxyl groups excluding tert-OH is 1. The molecule has 0 saturated carbocycles. The summed E-state index contributed by atoms with van der Waals surface area (Å²) < 4.78 is 6.15. The van der Waals surface area contributed by atoms with Crippen LogP contribution >= 0.6 is 23.2 Å². The minimum absolute atomic E-state index is 0.0178. The van der Waals surface area contributed by atoms with Gasteiger partial charge in [0, 0.05) is 41.6 Å². The molecule has 1 aliphatic heterocycles. The van der Waals surface area contributed by atoms with Gasteiger partial charge in [-0.1, -0.05) is 23.2 Å². The Balaban J connectivity index is 1.48. The van der Waals surface area contributed by atoms with Gasteiger partial charge in [0.05, 0.1) is 33.8 Å². The van der Waals surface area contributed by atoms with Crippen molar-refractivity contribution in [2.24, 2.45) is 0 Å². The van der Waals surface area contributed by atoms with Crippen LogP contribution in [-0.4, -0.2) is 44.5 Å². The molecule has 10 heteroatoms. The highest BCUT2D eigenvalue weighted by molar-refractivity contribution is 6.35. The van der Waals surface area contributed by atoms with Gasteiger partial charge in [-0.3, -0.25) is 10.1 Å². The van der Waals surface area contributed by atoms with Crippen molar-refractivity contribution in [3.05, 3.63) is 64.0 Å². The van der Waals surface area contributed by atoms with Crippen LogP contribution in [0.1, 0.15) is 37.0 Å². The van der Waals surface area contributed by atoms with Crippen LogP contribution in [-0.2, 0) is 0 Å². The number of nitrogens with zero attached hydrogens (tertiary/aromatic N) is 5. The second-order valence-corrected chi connectivity index (χ2v) is 9.25. The molecule has 1 aromatic carbocycles. The number of aliphatic hydroxyl groups is 1. The number of anilines is 1. The predicted octanol–water partition coefficient (Wildman–Crippen LogP) is 5.30. The van der Waals surface area contributed by atoms with Gasteiger partial charge in [0.15, 0.2) is 0 Å². The number of hydrogen-bond acceptors (Lipinski definition) is 7. The van der Waals surface area contributed by atoms with Crippen LogP contribution in [0.2, 0.25) is 10.0 Å². The molecule has 1 aliphatic rings. The molecule has 1 fully saturated rings. The summed E-state index contributed by atoms with van der Waals surface area (Å²) in [5.41, 5.74) is 3.30. The molecule has 3 aromatic heterocycles. The van der Waals surface area contributed by atoms with E-state index in [4.69, 9.17) is 27.9 Å². The first-order chi connectivity index (χ1) is 17.0. The summed E-state index contributed by atoms with van der Waals surface area (Å²) in [6.45, 7) is 2.67. The molecule has 2 atom stereocenters. The largest absolute Gasteiger partial charge is 0.486 e. The fourth-order valence-electron chi connectivity index (χ4n) is 4.56. The van der Waals surface area contributed by atoms with Crippen molar-refractivity contribution in [2.45, 2.75) is 31.9 Å². The lowest BCUT2D eigenvalue weighted by atomic mass is 10.1. The fourth-order valence-corrected chi connectivity index (χ4v) is 5.23. The Bertz CT molecular complexity index is 1410. The van der Waals surface area contributed by atoms with Crippen LogP contribution in [0.4, 0.5) is 5.82 Å². The number of H-pyrrole nitrogens is 1. The van der Waals surface area contributed by atoms with Crippen molar-refractivity contribution >= 4 is 39.9 Å². The van der Waals surface area contributed by atoms with Crippen molar-refractivity contribution in [1.29, 1.82) is 5.26 Å². The van der Waals surface area contributed by atoms with Crippen LogP contribution in [0.3, 0.4) is 0 Å². The molecular weight excluding hydrogens is 487 g/mol. The summed E-state index contributed by atoms with van der Waals surface area (Å²) >= 11 is 12.6. The van der Waals surface area contributed by atoms with E-state index in [9.17, 15) is 10.4 Å². The minimum atomic E-state index is -0.406. The van der Waals surface area contributed by atoms with E-state index in [1.807, 2.05) is 30.0 Å². The molecule has 4 aromatic rings. The molecule has 0 aliphatic carbocycles. The van der Waals surface area contributed by atoms with Crippen molar-refractivity contribution < 1.29 is 9.84 Å². The second kappa shape index (κ2) is 9.70. The number of rotatable bonds is 6. The lowest BCUT2D eigenvalue weighted by Crippen LogP contribution is -2.33. The molecular formula is C25H22Cl2N6O2. The monoisotopic (exact) mass is 508 g/mol. The number of pyridine rings is 2. The normalized spacial score (nSPS) is 16.4. The number of aromatic amines is 1. The molecule has 2 N–H and O–H groups in total. The van der Waals surface area contributed by atoms with Crippen molar-refractivity contribution in [1.82, 2.24) is 20.2 Å². The Kier molecular flexibility index (Phi) is 6.48. The van der Waals surface area contributed by atoms with Gasteiger partial charge in [-0.05, 0) is 44.0 Å². The number of aromatic nitrogens is 4. The van der Waals surface area contributed by atoms with Gasteiger partial charge in [-0.15, -0.1) is 0 Å². The molecule has 0 amide bonds. The highest BCUT2D eigenvalue weighted by Gasteiger charge is 2.27. The van der Waals surface area contributed by atoms with Gasteiger partial charge in [0.2, 0.25) is 0 Å². The first-order valence-electron chi connectivity index (χ1n) is 11.2. The Labute approximate surface area is 212 Å². The molecule has 1 saturated heterocycles. The van der Waals surface area contributed by atoms with Crippen molar-refractivity contribution in [3.63, 3.8) is 0 Å². The maximum atomic E-state index is 9.82. The number of fused-ring (bicyclic) bond motifs is 1. The first-order valence-corrected chi connectivity index (χ1v) is 12.0. The number of nitrogens with one attached hydrogen (secondary N) is 1. The molecule has 8 nitrogen and oxygen atoms in total. The molecule has 178 valence electrons. The second-order valence-electron chi connectivity index (χ2n) is 8.44. The van der Waals surface area contributed by atoms with Gasteiger partial charge >= 0.3 is 0 Å². The lowest BCUT2D eigenvalue weighted by Gasteiger charge is -2.25. The molecule has 35 heavy (non-hydrogen) atoms. The first kappa shape index (κ1) is 23.4. The summed E-state index contributed by atoms with van der Waals surface area (Å²) in [4.78, 5) is 10.6. The summed E-state index contributed by atoms with van der Waals surface area (Å²) in [6.07, 6.45) is 6.22. The van der Waals surface area contributed by atoms with Crippen LogP contribution in [0.15, 0.2) is 42.9 Å². The zero-order chi connectivity index (χ0) is 24.5. The molecule has 0 unspecified atom stereocenters. The van der Waals surface area contributed by atoms with Gasteiger partial charge in [0.1, 0.15) is 29.4 Å². The third kappa shape index (κ3) is 4.39. The van der Waals surface area contributed by atoms with Crippen LogP contribution in [0.25, 0.3) is 22.2 Å². The van der Waals surface area contributed by atoms with Crippen LogP contribution in [0.5, 0.6) is 5.75 Å². The maximum absolute atomic E-state index is 9.82. The van der Waals surface area contributed by atoms with E-state index in [0.29, 0.717) is 44.0 Å². The molecule has 0 spiro atoms. The van der Waals surface area contributed by atoms with E-state index in [0.717, 1.165) is 30.3 Å². The van der Waals surface area contributed by atoms with Crippen LogP contribution in [0, 0.1) is 11.3 Å². The number of nitriles is 1. The Morgan fingerprint density at radius 3 is 2.80 bits per heavy atom. The van der Waals surface area contributed by atoms with Gasteiger partial charge in [-0.25, -0.2) is 4.98 Å². The Hall–Kier alpha value is -3.38. The smallest absolute Gasteiger partial charge is 0.146 e. The third-order valence-corrected chi connectivity index (χ3v) is 6.87. The van der Waals surface area contributed by atoms with E-state index in [-0.39, 0.29) is 12.6 Å². The van der Waals surface area contributed by atoms with Gasteiger partial charge in [-0.2, -0.15) is 10.4 Å². The van der Waals surface area contributed by atoms with E-state index in [2.05, 4.69) is 26.2 Å². The molecule has 0 bridgehead atoms. The molecule has 0 radical (unpaired) electrons. The highest BCUT2D eigenvalue weighted by Crippen LogP contribution is 2.36. The number of halogens is 2. The number of hydrogen-bond donors (Lipinski definition) is 2. The van der Waals surface area contributed by atoms with E-state index < -0.39 is 6.10 Å². The molecule has 5 rings (SSSR count). The minimum Gasteiger partial charge on any atom is -0.486 e. The standard InChI is InChI=1S/C25H22Cl2N6O2/c1-14(23-20(26)11-29-12-21(23)27)35-18-4-5-22-19(8-18)24(32-31-22)16-7-15(9-28)25(30-10-16)33-6-2-3-17(33)13-34/h4-5,7-8,10-12,14,17,34H,2-3,6,13H2,1H3,(H,31,32)/t14-,17+/m1/s1. The zero-order valence-electron chi connectivity index (χ0n) is 18.9. The maximum Gasteiger partial charge on any atom is 0.146 e. The summed E-state index contributed by atoms with van der Waals surface area (Å²) in [5.74, 6) is 1.21. The van der Waals surface area contributed by atoms with Crippen LogP contribution < -0.4 is 9.64 Å². The fraction of sp³-hybridized carbons (Fsp3) is 0.280. The summed E-state index contributed by atoms with van der Waals surface area (Å²) in [7, 11) is 0. The van der Waals surface area contributed by atoms with E-state index >= 15 is 0 Å². The summed E-state index contributed by atoms with van der Waals surface area (Å²) in [5, 5.41) is 28.7. The lowest BCUT2D eigenvalue weighted by molar-refractivity contribution is 0.227. The number of benzene rings is 1. The van der Waals surface area contributed by atoms with Gasteiger partial charge < -0.3 is 14.7 Å². The summed E-state index contributed by atoms with van der Waals surface area (Å²) in [6, 6.07) is 9.63. The van der Waals surface area contributed by atoms with E-state index in [1.165, 1.54) is 12.4 Å². The Morgan fingerprint density at radius 2 is 2.06 bits per heavy atom.